The highest BCUT2D eigenvalue weighted by atomic mass is 35.5. The first-order chi connectivity index (χ1) is 8.19. The lowest BCUT2D eigenvalue weighted by Crippen LogP contribution is -2.40. The summed E-state index contributed by atoms with van der Waals surface area (Å²) < 4.78 is 25.1. The van der Waals surface area contributed by atoms with E-state index in [2.05, 4.69) is 0 Å². The first-order valence-electron chi connectivity index (χ1n) is 4.84. The van der Waals surface area contributed by atoms with Crippen molar-refractivity contribution in [2.75, 3.05) is 7.05 Å². The number of carbonyl (C=O) groups is 1. The Morgan fingerprint density at radius 2 is 1.94 bits per heavy atom. The lowest BCUT2D eigenvalue weighted by atomic mass is 10.4. The Hall–Kier alpha value is -0.820. The van der Waals surface area contributed by atoms with E-state index in [4.69, 9.17) is 28.3 Å². The zero-order valence-corrected chi connectivity index (χ0v) is 11.9. The van der Waals surface area contributed by atoms with E-state index in [-0.39, 0.29) is 14.9 Å². The smallest absolute Gasteiger partial charge is 0.321 e. The van der Waals surface area contributed by atoms with Gasteiger partial charge in [0.25, 0.3) is 0 Å². The van der Waals surface area contributed by atoms with Gasteiger partial charge in [-0.2, -0.15) is 4.31 Å². The topological polar surface area (TPSA) is 74.7 Å². The highest BCUT2D eigenvalue weighted by Crippen LogP contribution is 2.30. The molecule has 1 unspecified atom stereocenters. The molecule has 1 aromatic rings. The molecule has 1 atom stereocenters. The molecule has 100 valence electrons. The van der Waals surface area contributed by atoms with Gasteiger partial charge in [0.05, 0.1) is 10.0 Å². The van der Waals surface area contributed by atoms with Crippen LogP contribution >= 0.6 is 23.2 Å². The molecule has 5 nitrogen and oxygen atoms in total. The second-order valence-corrected chi connectivity index (χ2v) is 6.34. The Morgan fingerprint density at radius 1 is 1.39 bits per heavy atom. The Labute approximate surface area is 115 Å². The Balaban J connectivity index is 3.30. The molecule has 18 heavy (non-hydrogen) atoms. The van der Waals surface area contributed by atoms with Gasteiger partial charge in [0.1, 0.15) is 10.9 Å². The molecule has 0 aliphatic heterocycles. The minimum absolute atomic E-state index is 0.0918. The first kappa shape index (κ1) is 15.2. The van der Waals surface area contributed by atoms with E-state index in [1.54, 1.807) is 0 Å². The zero-order valence-electron chi connectivity index (χ0n) is 9.59. The summed E-state index contributed by atoms with van der Waals surface area (Å²) in [5, 5.41) is 8.79. The minimum atomic E-state index is -4.00. The van der Waals surface area contributed by atoms with Crippen molar-refractivity contribution < 1.29 is 18.3 Å². The van der Waals surface area contributed by atoms with Crippen molar-refractivity contribution in [2.45, 2.75) is 17.9 Å². The van der Waals surface area contributed by atoms with Crippen LogP contribution in [0.1, 0.15) is 6.92 Å². The van der Waals surface area contributed by atoms with Crippen molar-refractivity contribution in [1.29, 1.82) is 0 Å². The molecule has 1 aromatic carbocycles. The molecule has 0 fully saturated rings. The van der Waals surface area contributed by atoms with Crippen LogP contribution in [0.2, 0.25) is 10.0 Å². The van der Waals surface area contributed by atoms with Gasteiger partial charge < -0.3 is 5.11 Å². The molecule has 0 aromatic heterocycles. The monoisotopic (exact) mass is 311 g/mol. The van der Waals surface area contributed by atoms with Crippen molar-refractivity contribution in [3.05, 3.63) is 28.2 Å². The van der Waals surface area contributed by atoms with Crippen molar-refractivity contribution in [2.24, 2.45) is 0 Å². The molecule has 0 radical (unpaired) electrons. The van der Waals surface area contributed by atoms with Gasteiger partial charge in [0.2, 0.25) is 10.0 Å². The van der Waals surface area contributed by atoms with Gasteiger partial charge in [-0.1, -0.05) is 29.3 Å². The number of nitrogens with zero attached hydrogens (tertiary/aromatic N) is 1. The summed E-state index contributed by atoms with van der Waals surface area (Å²) in [5.41, 5.74) is 0. The van der Waals surface area contributed by atoms with Crippen LogP contribution < -0.4 is 0 Å². The average Bonchev–Trinajstić information content (AvgIpc) is 2.30. The summed E-state index contributed by atoms with van der Waals surface area (Å²) in [4.78, 5) is 10.6. The van der Waals surface area contributed by atoms with E-state index in [0.29, 0.717) is 0 Å². The molecule has 0 bridgehead atoms. The van der Waals surface area contributed by atoms with E-state index < -0.39 is 22.0 Å². The lowest BCUT2D eigenvalue weighted by molar-refractivity contribution is -0.140. The summed E-state index contributed by atoms with van der Waals surface area (Å²) in [5.74, 6) is -1.25. The molecule has 0 spiro atoms. The summed E-state index contributed by atoms with van der Waals surface area (Å²) in [6, 6.07) is 2.95. The Morgan fingerprint density at radius 3 is 2.44 bits per heavy atom. The number of halogens is 2. The number of likely N-dealkylation sites (N-methyl/N-ethyl adjacent to an activating group) is 1. The summed E-state index contributed by atoms with van der Waals surface area (Å²) in [7, 11) is -2.83. The maximum absolute atomic E-state index is 12.2. The molecule has 0 heterocycles. The fourth-order valence-corrected chi connectivity index (χ4v) is 3.25. The SMILES string of the molecule is CC(C(=O)O)N(C)S(=O)(=O)c1cccc(Cl)c1Cl. The van der Waals surface area contributed by atoms with Crippen LogP contribution in [0, 0.1) is 0 Å². The van der Waals surface area contributed by atoms with Crippen LogP contribution in [-0.4, -0.2) is 36.9 Å². The van der Waals surface area contributed by atoms with E-state index >= 15 is 0 Å². The quantitative estimate of drug-likeness (QED) is 0.924. The number of aliphatic carboxylic acids is 1. The maximum atomic E-state index is 12.2. The third kappa shape index (κ3) is 2.77. The highest BCUT2D eigenvalue weighted by molar-refractivity contribution is 7.89. The number of carboxylic acid groups (broad SMARTS) is 1. The molecule has 0 aliphatic carbocycles. The molecule has 0 saturated carbocycles. The van der Waals surface area contributed by atoms with Crippen molar-refractivity contribution in [1.82, 2.24) is 4.31 Å². The van der Waals surface area contributed by atoms with E-state index in [0.717, 1.165) is 4.31 Å². The largest absolute Gasteiger partial charge is 0.480 e. The lowest BCUT2D eigenvalue weighted by Gasteiger charge is -2.21. The molecule has 0 saturated heterocycles. The molecule has 1 N–H and O–H groups in total. The minimum Gasteiger partial charge on any atom is -0.480 e. The number of sulfonamides is 1. The number of carboxylic acids is 1. The van der Waals surface area contributed by atoms with E-state index in [1.807, 2.05) is 0 Å². The average molecular weight is 312 g/mol. The van der Waals surface area contributed by atoms with Gasteiger partial charge >= 0.3 is 5.97 Å². The van der Waals surface area contributed by atoms with Crippen LogP contribution in [0.3, 0.4) is 0 Å². The number of hydrogen-bond acceptors (Lipinski definition) is 3. The van der Waals surface area contributed by atoms with Gasteiger partial charge in [-0.25, -0.2) is 8.42 Å². The molecule has 1 rings (SSSR count). The molecular weight excluding hydrogens is 301 g/mol. The van der Waals surface area contributed by atoms with Crippen LogP contribution in [0.5, 0.6) is 0 Å². The second kappa shape index (κ2) is 5.44. The molecule has 0 amide bonds. The first-order valence-corrected chi connectivity index (χ1v) is 7.04. The highest BCUT2D eigenvalue weighted by Gasteiger charge is 2.31. The van der Waals surface area contributed by atoms with Crippen LogP contribution in [-0.2, 0) is 14.8 Å². The van der Waals surface area contributed by atoms with Crippen molar-refractivity contribution in [3.8, 4) is 0 Å². The normalized spacial score (nSPS) is 13.6. The molecular formula is C10H11Cl2NO4S. The number of rotatable bonds is 4. The number of hydrogen-bond donors (Lipinski definition) is 1. The Bertz CT molecular complexity index is 573. The predicted octanol–water partition coefficient (Wildman–Crippen LogP) is 2.09. The van der Waals surface area contributed by atoms with Crippen LogP contribution in [0.25, 0.3) is 0 Å². The van der Waals surface area contributed by atoms with Crippen molar-refractivity contribution >= 4 is 39.2 Å². The number of benzene rings is 1. The standard InChI is InChI=1S/C10H11Cl2NO4S/c1-6(10(14)15)13(2)18(16,17)8-5-3-4-7(11)9(8)12/h3-6H,1-2H3,(H,14,15). The van der Waals surface area contributed by atoms with Gasteiger partial charge in [-0.3, -0.25) is 4.79 Å². The van der Waals surface area contributed by atoms with E-state index in [9.17, 15) is 13.2 Å². The molecule has 0 aliphatic rings. The van der Waals surface area contributed by atoms with Gasteiger partial charge in [0, 0.05) is 7.05 Å². The summed E-state index contributed by atoms with van der Waals surface area (Å²) >= 11 is 11.6. The van der Waals surface area contributed by atoms with Crippen molar-refractivity contribution in [3.63, 3.8) is 0 Å². The fraction of sp³-hybridized carbons (Fsp3) is 0.300. The predicted molar refractivity (Wildman–Crippen MR) is 68.5 cm³/mol. The van der Waals surface area contributed by atoms with Gasteiger partial charge in [0.15, 0.2) is 0 Å². The maximum Gasteiger partial charge on any atom is 0.321 e. The third-order valence-electron chi connectivity index (χ3n) is 2.48. The molecule has 8 heteroatoms. The third-order valence-corrected chi connectivity index (χ3v) is 5.38. The zero-order chi connectivity index (χ0) is 14.1. The van der Waals surface area contributed by atoms with E-state index in [1.165, 1.54) is 32.2 Å². The van der Waals surface area contributed by atoms with Gasteiger partial charge in [-0.05, 0) is 19.1 Å². The van der Waals surface area contributed by atoms with Gasteiger partial charge in [-0.15, -0.1) is 0 Å². The summed E-state index contributed by atoms with van der Waals surface area (Å²) in [6.45, 7) is 1.26. The summed E-state index contributed by atoms with van der Waals surface area (Å²) in [6.07, 6.45) is 0. The fourth-order valence-electron chi connectivity index (χ4n) is 1.20. The van der Waals surface area contributed by atoms with Crippen LogP contribution in [0.15, 0.2) is 23.1 Å². The van der Waals surface area contributed by atoms with Crippen LogP contribution in [0.4, 0.5) is 0 Å². The second-order valence-electron chi connectivity index (χ2n) is 3.59. The Kier molecular flexibility index (Phi) is 4.61.